The van der Waals surface area contributed by atoms with E-state index in [1.165, 1.54) is 6.07 Å². The predicted molar refractivity (Wildman–Crippen MR) is 78.9 cm³/mol. The van der Waals surface area contributed by atoms with Crippen molar-refractivity contribution in [2.45, 2.75) is 13.0 Å². The van der Waals surface area contributed by atoms with Crippen molar-refractivity contribution in [2.24, 2.45) is 0 Å². The fraction of sp³-hybridized carbons (Fsp3) is 0.467. The van der Waals surface area contributed by atoms with E-state index in [0.29, 0.717) is 37.2 Å². The first-order chi connectivity index (χ1) is 10.00. The third-order valence-corrected chi connectivity index (χ3v) is 5.12. The maximum atomic E-state index is 14.0. The molecular weight excluding hydrogens is 293 g/mol. The van der Waals surface area contributed by atoms with Crippen LogP contribution in [0.5, 0.6) is 0 Å². The molecule has 1 aliphatic rings. The third kappa shape index (κ3) is 4.81. The second kappa shape index (κ2) is 7.03. The quantitative estimate of drug-likeness (QED) is 0.821. The molecule has 0 amide bonds. The van der Waals surface area contributed by atoms with E-state index >= 15 is 0 Å². The molecule has 1 heterocycles. The van der Waals surface area contributed by atoms with Gasteiger partial charge in [0.2, 0.25) is 0 Å². The van der Waals surface area contributed by atoms with Crippen LogP contribution in [0.1, 0.15) is 17.5 Å². The van der Waals surface area contributed by atoms with Crippen LogP contribution in [0.4, 0.5) is 4.39 Å². The second-order valence-corrected chi connectivity index (χ2v) is 7.35. The van der Waals surface area contributed by atoms with Crippen molar-refractivity contribution in [2.75, 3.05) is 31.2 Å². The van der Waals surface area contributed by atoms with Gasteiger partial charge >= 0.3 is 0 Å². The topological polar surface area (TPSA) is 57.6 Å². The molecule has 0 spiro atoms. The van der Waals surface area contributed by atoms with Crippen LogP contribution in [0.3, 0.4) is 0 Å². The number of aliphatic hydroxyl groups excluding tert-OH is 1. The summed E-state index contributed by atoms with van der Waals surface area (Å²) in [5.41, 5.74) is 1.05. The Morgan fingerprint density at radius 1 is 1.29 bits per heavy atom. The highest BCUT2D eigenvalue weighted by atomic mass is 32.2. The van der Waals surface area contributed by atoms with Crippen LogP contribution < -0.4 is 0 Å². The number of benzene rings is 1. The SMILES string of the molecule is O=S1(=O)CCCN(Cc2ccc(C#CCO)cc2F)CC1. The van der Waals surface area contributed by atoms with Crippen molar-refractivity contribution < 1.29 is 17.9 Å². The van der Waals surface area contributed by atoms with E-state index in [-0.39, 0.29) is 23.9 Å². The molecule has 21 heavy (non-hydrogen) atoms. The van der Waals surface area contributed by atoms with Crippen molar-refractivity contribution in [1.29, 1.82) is 0 Å². The molecule has 6 heteroatoms. The summed E-state index contributed by atoms with van der Waals surface area (Å²) in [6.45, 7) is 1.24. The van der Waals surface area contributed by atoms with E-state index in [0.717, 1.165) is 0 Å². The zero-order valence-corrected chi connectivity index (χ0v) is 12.5. The van der Waals surface area contributed by atoms with Gasteiger partial charge in [0.1, 0.15) is 12.4 Å². The number of halogens is 1. The smallest absolute Gasteiger partial charge is 0.151 e. The number of rotatable bonds is 2. The van der Waals surface area contributed by atoms with Gasteiger partial charge in [0, 0.05) is 24.2 Å². The van der Waals surface area contributed by atoms with E-state index in [1.54, 1.807) is 12.1 Å². The van der Waals surface area contributed by atoms with Crippen molar-refractivity contribution in [3.05, 3.63) is 35.1 Å². The highest BCUT2D eigenvalue weighted by Crippen LogP contribution is 2.14. The van der Waals surface area contributed by atoms with Gasteiger partial charge in [-0.1, -0.05) is 17.9 Å². The van der Waals surface area contributed by atoms with Crippen LogP contribution in [-0.2, 0) is 16.4 Å². The summed E-state index contributed by atoms with van der Waals surface area (Å²) in [6.07, 6.45) is 0.587. The lowest BCUT2D eigenvalue weighted by molar-refractivity contribution is 0.283. The molecule has 4 nitrogen and oxygen atoms in total. The van der Waals surface area contributed by atoms with Crippen LogP contribution in [0.15, 0.2) is 18.2 Å². The summed E-state index contributed by atoms with van der Waals surface area (Å²) in [5.74, 6) is 5.11. The number of hydrogen-bond acceptors (Lipinski definition) is 4. The van der Waals surface area contributed by atoms with Gasteiger partial charge in [-0.2, -0.15) is 0 Å². The largest absolute Gasteiger partial charge is 0.384 e. The molecule has 0 bridgehead atoms. The minimum atomic E-state index is -2.95. The second-order valence-electron chi connectivity index (χ2n) is 5.05. The Hall–Kier alpha value is -1.42. The van der Waals surface area contributed by atoms with Gasteiger partial charge in [-0.05, 0) is 25.1 Å². The zero-order chi connectivity index (χ0) is 15.3. The maximum Gasteiger partial charge on any atom is 0.151 e. The Balaban J connectivity index is 2.06. The fourth-order valence-electron chi connectivity index (χ4n) is 2.28. The third-order valence-electron chi connectivity index (χ3n) is 3.41. The summed E-state index contributed by atoms with van der Waals surface area (Å²) in [7, 11) is -2.95. The molecule has 1 fully saturated rings. The lowest BCUT2D eigenvalue weighted by Crippen LogP contribution is -2.27. The van der Waals surface area contributed by atoms with Gasteiger partial charge < -0.3 is 5.11 Å². The van der Waals surface area contributed by atoms with Crippen LogP contribution in [-0.4, -0.2) is 49.6 Å². The van der Waals surface area contributed by atoms with E-state index in [1.807, 2.05) is 4.90 Å². The van der Waals surface area contributed by atoms with Gasteiger partial charge in [0.05, 0.1) is 11.5 Å². The molecular formula is C15H18FNO3S. The van der Waals surface area contributed by atoms with Gasteiger partial charge in [-0.15, -0.1) is 0 Å². The molecule has 1 aliphatic heterocycles. The zero-order valence-electron chi connectivity index (χ0n) is 11.7. The number of sulfone groups is 1. The summed E-state index contributed by atoms with van der Waals surface area (Å²) < 4.78 is 37.1. The summed E-state index contributed by atoms with van der Waals surface area (Å²) >= 11 is 0. The average Bonchev–Trinajstić information content (AvgIpc) is 2.60. The van der Waals surface area contributed by atoms with Gasteiger partial charge in [0.25, 0.3) is 0 Å². The molecule has 0 radical (unpaired) electrons. The Bertz CT molecular complexity index is 661. The first-order valence-electron chi connectivity index (χ1n) is 6.81. The Morgan fingerprint density at radius 3 is 2.81 bits per heavy atom. The first kappa shape index (κ1) is 16.0. The molecule has 0 aliphatic carbocycles. The summed E-state index contributed by atoms with van der Waals surface area (Å²) in [6, 6.07) is 4.71. The highest BCUT2D eigenvalue weighted by Gasteiger charge is 2.19. The molecule has 114 valence electrons. The molecule has 0 unspecified atom stereocenters. The Morgan fingerprint density at radius 2 is 2.10 bits per heavy atom. The molecule has 0 aromatic heterocycles. The molecule has 2 rings (SSSR count). The Kier molecular flexibility index (Phi) is 5.34. The van der Waals surface area contributed by atoms with Gasteiger partial charge in [0.15, 0.2) is 9.84 Å². The molecule has 1 aromatic rings. The molecule has 0 saturated carbocycles. The predicted octanol–water partition coefficient (Wildman–Crippen LogP) is 0.790. The van der Waals surface area contributed by atoms with Gasteiger partial charge in [-0.25, -0.2) is 12.8 Å². The number of hydrogen-bond donors (Lipinski definition) is 1. The Labute approximate surface area is 124 Å². The van der Waals surface area contributed by atoms with Crippen LogP contribution in [0.2, 0.25) is 0 Å². The highest BCUT2D eigenvalue weighted by molar-refractivity contribution is 7.91. The van der Waals surface area contributed by atoms with E-state index in [4.69, 9.17) is 5.11 Å². The summed E-state index contributed by atoms with van der Waals surface area (Å²) in [5, 5.41) is 8.61. The van der Waals surface area contributed by atoms with E-state index in [9.17, 15) is 12.8 Å². The maximum absolute atomic E-state index is 14.0. The number of aliphatic hydroxyl groups is 1. The minimum Gasteiger partial charge on any atom is -0.384 e. The lowest BCUT2D eigenvalue weighted by atomic mass is 10.1. The summed E-state index contributed by atoms with van der Waals surface area (Å²) in [4.78, 5) is 1.96. The molecule has 0 atom stereocenters. The fourth-order valence-corrected chi connectivity index (χ4v) is 3.59. The average molecular weight is 311 g/mol. The number of nitrogens with zero attached hydrogens (tertiary/aromatic N) is 1. The monoisotopic (exact) mass is 311 g/mol. The molecule has 1 aromatic carbocycles. The molecule has 1 N–H and O–H groups in total. The van der Waals surface area contributed by atoms with Crippen LogP contribution in [0, 0.1) is 17.7 Å². The van der Waals surface area contributed by atoms with E-state index < -0.39 is 9.84 Å². The standard InChI is InChI=1S/C15H18FNO3S/c16-15-11-13(3-1-8-18)4-5-14(15)12-17-6-2-9-21(19,20)10-7-17/h4-5,11,18H,2,6-10,12H2. The van der Waals surface area contributed by atoms with Crippen molar-refractivity contribution in [1.82, 2.24) is 4.90 Å². The normalized spacial score (nSPS) is 18.6. The van der Waals surface area contributed by atoms with Gasteiger partial charge in [-0.3, -0.25) is 4.90 Å². The van der Waals surface area contributed by atoms with Crippen LogP contribution >= 0.6 is 0 Å². The van der Waals surface area contributed by atoms with Crippen molar-refractivity contribution in [3.63, 3.8) is 0 Å². The van der Waals surface area contributed by atoms with Crippen molar-refractivity contribution in [3.8, 4) is 11.8 Å². The van der Waals surface area contributed by atoms with Crippen molar-refractivity contribution >= 4 is 9.84 Å². The van der Waals surface area contributed by atoms with E-state index in [2.05, 4.69) is 11.8 Å². The van der Waals surface area contributed by atoms with Crippen LogP contribution in [0.25, 0.3) is 0 Å². The lowest BCUT2D eigenvalue weighted by Gasteiger charge is -2.19. The first-order valence-corrected chi connectivity index (χ1v) is 8.63. The minimum absolute atomic E-state index is 0.134. The molecule has 1 saturated heterocycles.